The third-order valence-electron chi connectivity index (χ3n) is 5.16. The summed E-state index contributed by atoms with van der Waals surface area (Å²) in [6, 6.07) is 13.6. The summed E-state index contributed by atoms with van der Waals surface area (Å²) in [5, 5.41) is 12.5. The molecule has 3 aromatic rings. The number of amides is 2. The maximum absolute atomic E-state index is 13.5. The number of rotatable bonds is 5. The van der Waals surface area contributed by atoms with E-state index in [1.54, 1.807) is 36.5 Å². The molecule has 7 nitrogen and oxygen atoms in total. The smallest absolute Gasteiger partial charge is 0.337 e. The van der Waals surface area contributed by atoms with Gasteiger partial charge in [-0.25, -0.2) is 4.79 Å². The number of nitrogens with one attached hydrogen (secondary N) is 1. The molecule has 1 atom stereocenters. The molecule has 4 rings (SSSR count). The summed E-state index contributed by atoms with van der Waals surface area (Å²) in [6.45, 7) is 0.0471. The number of hydrogen-bond donors (Lipinski definition) is 2. The number of benzene rings is 2. The van der Waals surface area contributed by atoms with E-state index in [-0.39, 0.29) is 35.4 Å². The number of carboxylic acid groups (broad SMARTS) is 1. The lowest BCUT2D eigenvalue weighted by Gasteiger charge is -2.29. The Hall–Kier alpha value is -3.42. The topological polar surface area (TPSA) is 99.6 Å². The Balaban J connectivity index is 1.75. The second-order valence-electron chi connectivity index (χ2n) is 7.27. The van der Waals surface area contributed by atoms with Crippen LogP contribution in [0.25, 0.3) is 0 Å². The van der Waals surface area contributed by atoms with Gasteiger partial charge in [-0.05, 0) is 48.0 Å². The zero-order valence-electron chi connectivity index (χ0n) is 16.6. The predicted octanol–water partition coefficient (Wildman–Crippen LogP) is 4.29. The molecule has 1 aliphatic rings. The van der Waals surface area contributed by atoms with Gasteiger partial charge in [0.15, 0.2) is 0 Å². The Labute approximate surface area is 193 Å². The molecule has 0 spiro atoms. The number of carbonyl (C=O) groups excluding carboxylic acids is 2. The summed E-state index contributed by atoms with van der Waals surface area (Å²) in [7, 11) is 0. The highest BCUT2D eigenvalue weighted by atomic mass is 35.5. The zero-order valence-corrected chi connectivity index (χ0v) is 18.1. The van der Waals surface area contributed by atoms with Crippen LogP contribution in [0.1, 0.15) is 32.0 Å². The Kier molecular flexibility index (Phi) is 6.12. The van der Waals surface area contributed by atoms with Crippen molar-refractivity contribution in [2.75, 3.05) is 5.32 Å². The molecule has 1 unspecified atom stereocenters. The van der Waals surface area contributed by atoms with Gasteiger partial charge in [-0.15, -0.1) is 0 Å². The van der Waals surface area contributed by atoms with E-state index in [1.807, 2.05) is 6.07 Å². The fourth-order valence-corrected chi connectivity index (χ4v) is 4.05. The van der Waals surface area contributed by atoms with Crippen LogP contribution in [-0.4, -0.2) is 38.8 Å². The minimum atomic E-state index is -1.15. The van der Waals surface area contributed by atoms with Gasteiger partial charge in [0.05, 0.1) is 21.8 Å². The molecular weight excluding hydrogens is 453 g/mol. The molecule has 0 bridgehead atoms. The van der Waals surface area contributed by atoms with Crippen LogP contribution in [0.3, 0.4) is 0 Å². The number of anilines is 1. The average Bonchev–Trinajstić information content (AvgIpc) is 2.84. The van der Waals surface area contributed by atoms with Gasteiger partial charge in [0.1, 0.15) is 6.04 Å². The van der Waals surface area contributed by atoms with Crippen molar-refractivity contribution in [2.24, 2.45) is 0 Å². The molecule has 0 fully saturated rings. The number of carbonyl (C=O) groups is 3. The number of halogens is 2. The third-order valence-corrected chi connectivity index (χ3v) is 5.70. The second-order valence-corrected chi connectivity index (χ2v) is 8.12. The fraction of sp³-hybridized carbons (Fsp3) is 0.130. The van der Waals surface area contributed by atoms with Crippen LogP contribution < -0.4 is 5.32 Å². The molecule has 2 aromatic carbocycles. The van der Waals surface area contributed by atoms with E-state index in [2.05, 4.69) is 10.3 Å². The normalized spacial score (nSPS) is 15.7. The van der Waals surface area contributed by atoms with Crippen molar-refractivity contribution in [3.05, 3.63) is 93.2 Å². The van der Waals surface area contributed by atoms with E-state index in [0.29, 0.717) is 27.5 Å². The molecule has 2 N–H and O–H groups in total. The van der Waals surface area contributed by atoms with Gasteiger partial charge in [-0.1, -0.05) is 35.3 Å². The maximum atomic E-state index is 13.5. The van der Waals surface area contributed by atoms with Crippen LogP contribution in [0.5, 0.6) is 0 Å². The van der Waals surface area contributed by atoms with Gasteiger partial charge in [-0.3, -0.25) is 14.6 Å². The molecule has 9 heteroatoms. The molecule has 0 radical (unpaired) electrons. The summed E-state index contributed by atoms with van der Waals surface area (Å²) in [5.74, 6) is -1.89. The first-order valence-corrected chi connectivity index (χ1v) is 10.4. The second kappa shape index (κ2) is 8.98. The van der Waals surface area contributed by atoms with Crippen LogP contribution >= 0.6 is 23.2 Å². The quantitative estimate of drug-likeness (QED) is 0.580. The highest BCUT2D eigenvalue weighted by Crippen LogP contribution is 2.29. The monoisotopic (exact) mass is 469 g/mol. The Morgan fingerprint density at radius 2 is 1.91 bits per heavy atom. The first-order chi connectivity index (χ1) is 15.3. The van der Waals surface area contributed by atoms with Gasteiger partial charge in [0, 0.05) is 29.9 Å². The molecule has 2 heterocycles. The molecule has 2 amide bonds. The van der Waals surface area contributed by atoms with Crippen molar-refractivity contribution in [1.82, 2.24) is 9.88 Å². The van der Waals surface area contributed by atoms with Crippen molar-refractivity contribution >= 4 is 46.7 Å². The van der Waals surface area contributed by atoms with Crippen LogP contribution in [0.15, 0.2) is 60.8 Å². The van der Waals surface area contributed by atoms with Gasteiger partial charge in [0.25, 0.3) is 5.91 Å². The largest absolute Gasteiger partial charge is 0.478 e. The van der Waals surface area contributed by atoms with Crippen LogP contribution in [-0.2, 0) is 17.8 Å². The molecule has 1 aliphatic heterocycles. The predicted molar refractivity (Wildman–Crippen MR) is 120 cm³/mol. The summed E-state index contributed by atoms with van der Waals surface area (Å²) in [5.41, 5.74) is 1.83. The zero-order chi connectivity index (χ0) is 22.8. The minimum absolute atomic E-state index is 0.0413. The van der Waals surface area contributed by atoms with E-state index in [9.17, 15) is 19.5 Å². The average molecular weight is 470 g/mol. The van der Waals surface area contributed by atoms with E-state index in [0.717, 1.165) is 0 Å². The van der Waals surface area contributed by atoms with Gasteiger partial charge >= 0.3 is 5.97 Å². The van der Waals surface area contributed by atoms with Gasteiger partial charge in [0.2, 0.25) is 5.91 Å². The summed E-state index contributed by atoms with van der Waals surface area (Å²) in [6.07, 6.45) is 1.82. The highest BCUT2D eigenvalue weighted by Gasteiger charge is 2.36. The Bertz CT molecular complexity index is 1220. The van der Waals surface area contributed by atoms with Crippen LogP contribution in [0, 0.1) is 0 Å². The molecule has 0 saturated heterocycles. The maximum Gasteiger partial charge on any atom is 0.337 e. The summed E-state index contributed by atoms with van der Waals surface area (Å²) < 4.78 is 0. The first-order valence-electron chi connectivity index (χ1n) is 9.66. The van der Waals surface area contributed by atoms with Crippen molar-refractivity contribution in [1.29, 1.82) is 0 Å². The van der Waals surface area contributed by atoms with Crippen molar-refractivity contribution < 1.29 is 19.5 Å². The molecule has 1 aromatic heterocycles. The first kappa shape index (κ1) is 21.8. The number of hydrogen-bond acceptors (Lipinski definition) is 4. The number of nitrogens with zero attached hydrogens (tertiary/aromatic N) is 2. The van der Waals surface area contributed by atoms with Crippen molar-refractivity contribution in [3.63, 3.8) is 0 Å². The SMILES string of the molecule is O=C(O)c1ccc(CN2C(=O)c3ccc(Cl)cc3NC(=O)C2Cc2ccccn2)cc1Cl. The number of pyridine rings is 1. The highest BCUT2D eigenvalue weighted by molar-refractivity contribution is 6.33. The third kappa shape index (κ3) is 4.44. The fourth-order valence-electron chi connectivity index (χ4n) is 3.59. The number of fused-ring (bicyclic) bond motifs is 1. The Morgan fingerprint density at radius 1 is 1.09 bits per heavy atom. The van der Waals surface area contributed by atoms with E-state index in [4.69, 9.17) is 23.2 Å². The minimum Gasteiger partial charge on any atom is -0.478 e. The molecule has 162 valence electrons. The summed E-state index contributed by atoms with van der Waals surface area (Å²) in [4.78, 5) is 43.7. The standard InChI is InChI=1S/C23H17Cl2N3O4/c24-14-5-7-17-19(10-14)27-21(29)20(11-15-3-1-2-8-26-15)28(22(17)30)12-13-4-6-16(23(31)32)18(25)9-13/h1-10,20H,11-12H2,(H,27,29)(H,31,32). The lowest BCUT2D eigenvalue weighted by molar-refractivity contribution is -0.120. The van der Waals surface area contributed by atoms with Crippen LogP contribution in [0.2, 0.25) is 10.0 Å². The summed E-state index contributed by atoms with van der Waals surface area (Å²) >= 11 is 12.2. The molecule has 32 heavy (non-hydrogen) atoms. The van der Waals surface area contributed by atoms with E-state index in [1.165, 1.54) is 23.1 Å². The lowest BCUT2D eigenvalue weighted by atomic mass is 10.0. The number of aromatic nitrogens is 1. The van der Waals surface area contributed by atoms with Crippen molar-refractivity contribution in [3.8, 4) is 0 Å². The Morgan fingerprint density at radius 3 is 2.59 bits per heavy atom. The lowest BCUT2D eigenvalue weighted by Crippen LogP contribution is -2.46. The molecular formula is C23H17Cl2N3O4. The number of aromatic carboxylic acids is 1. The van der Waals surface area contributed by atoms with Gasteiger partial charge < -0.3 is 15.3 Å². The van der Waals surface area contributed by atoms with E-state index >= 15 is 0 Å². The molecule has 0 aliphatic carbocycles. The van der Waals surface area contributed by atoms with Crippen LogP contribution in [0.4, 0.5) is 5.69 Å². The molecule has 0 saturated carbocycles. The van der Waals surface area contributed by atoms with Crippen molar-refractivity contribution in [2.45, 2.75) is 19.0 Å². The number of carboxylic acids is 1. The van der Waals surface area contributed by atoms with E-state index < -0.39 is 12.0 Å². The van der Waals surface area contributed by atoms with Gasteiger partial charge in [-0.2, -0.15) is 0 Å².